The van der Waals surface area contributed by atoms with Gasteiger partial charge in [0.2, 0.25) is 0 Å². The zero-order valence-corrected chi connectivity index (χ0v) is 13.0. The molecule has 0 saturated heterocycles. The van der Waals surface area contributed by atoms with E-state index in [0.717, 1.165) is 16.7 Å². The average molecular weight is 315 g/mol. The fourth-order valence-corrected chi connectivity index (χ4v) is 3.46. The summed E-state index contributed by atoms with van der Waals surface area (Å²) in [6.07, 6.45) is 0. The molecule has 1 unspecified atom stereocenters. The fourth-order valence-electron chi connectivity index (χ4n) is 3.46. The van der Waals surface area contributed by atoms with Gasteiger partial charge in [0.25, 0.3) is 5.91 Å². The van der Waals surface area contributed by atoms with Crippen LogP contribution in [-0.4, -0.2) is 11.0 Å². The lowest BCUT2D eigenvalue weighted by molar-refractivity contribution is 0.0385. The van der Waals surface area contributed by atoms with Crippen LogP contribution in [-0.2, 0) is 5.60 Å². The smallest absolute Gasteiger partial charge is 0.252 e. The summed E-state index contributed by atoms with van der Waals surface area (Å²) in [6.45, 7) is 0. The molecular weight excluding hydrogens is 298 g/mol. The monoisotopic (exact) mass is 315 g/mol. The van der Waals surface area contributed by atoms with Gasteiger partial charge in [0, 0.05) is 5.56 Å². The highest BCUT2D eigenvalue weighted by molar-refractivity contribution is 5.99. The number of hydrogen-bond donors (Lipinski definition) is 2. The maximum atomic E-state index is 12.4. The molecule has 0 saturated carbocycles. The number of hydrogen-bond acceptors (Lipinski definition) is 2. The summed E-state index contributed by atoms with van der Waals surface area (Å²) in [5, 5.41) is 14.8. The summed E-state index contributed by atoms with van der Waals surface area (Å²) in [6, 6.07) is 25.8. The standard InChI is InChI=1S/C21H17NO2/c23-20-18-14-8-7-13-17(18)19(22-20)21(24,15-9-3-1-4-10-15)16-11-5-2-6-12-16/h1-14,19,24H,(H,22,23). The minimum atomic E-state index is -1.34. The summed E-state index contributed by atoms with van der Waals surface area (Å²) in [7, 11) is 0. The zero-order chi connectivity index (χ0) is 16.6. The van der Waals surface area contributed by atoms with E-state index in [4.69, 9.17) is 0 Å². The molecule has 3 aromatic rings. The topological polar surface area (TPSA) is 49.3 Å². The van der Waals surface area contributed by atoms with Crippen molar-refractivity contribution in [2.75, 3.05) is 0 Å². The summed E-state index contributed by atoms with van der Waals surface area (Å²) in [4.78, 5) is 12.4. The van der Waals surface area contributed by atoms with E-state index in [1.165, 1.54) is 0 Å². The molecule has 1 aliphatic rings. The van der Waals surface area contributed by atoms with Crippen molar-refractivity contribution in [1.82, 2.24) is 5.32 Å². The van der Waals surface area contributed by atoms with Crippen LogP contribution in [0.1, 0.15) is 33.1 Å². The van der Waals surface area contributed by atoms with Crippen molar-refractivity contribution in [3.8, 4) is 0 Å². The molecule has 4 rings (SSSR count). The Balaban J connectivity index is 1.94. The Morgan fingerprint density at radius 3 is 1.83 bits per heavy atom. The SMILES string of the molecule is O=C1NC(C(O)(c2ccccc2)c2ccccc2)c2ccccc21. The molecule has 2 N–H and O–H groups in total. The molecule has 3 aromatic carbocycles. The number of rotatable bonds is 3. The molecule has 3 heteroatoms. The largest absolute Gasteiger partial charge is 0.378 e. The number of aliphatic hydroxyl groups is 1. The fraction of sp³-hybridized carbons (Fsp3) is 0.0952. The minimum Gasteiger partial charge on any atom is -0.378 e. The van der Waals surface area contributed by atoms with E-state index in [1.807, 2.05) is 78.9 Å². The van der Waals surface area contributed by atoms with Crippen molar-refractivity contribution in [2.45, 2.75) is 11.6 Å². The first-order chi connectivity index (χ1) is 11.7. The molecule has 0 radical (unpaired) electrons. The molecule has 118 valence electrons. The third kappa shape index (κ3) is 2.14. The van der Waals surface area contributed by atoms with Crippen molar-refractivity contribution in [3.63, 3.8) is 0 Å². The zero-order valence-electron chi connectivity index (χ0n) is 13.0. The lowest BCUT2D eigenvalue weighted by Gasteiger charge is -2.35. The van der Waals surface area contributed by atoms with E-state index in [1.54, 1.807) is 6.07 Å². The van der Waals surface area contributed by atoms with Gasteiger partial charge in [-0.05, 0) is 22.8 Å². The number of benzene rings is 3. The van der Waals surface area contributed by atoms with E-state index in [-0.39, 0.29) is 5.91 Å². The Morgan fingerprint density at radius 1 is 0.750 bits per heavy atom. The Kier molecular flexibility index (Phi) is 3.44. The van der Waals surface area contributed by atoms with E-state index < -0.39 is 11.6 Å². The predicted octanol–water partition coefficient (Wildman–Crippen LogP) is 3.41. The van der Waals surface area contributed by atoms with Gasteiger partial charge >= 0.3 is 0 Å². The molecule has 0 aliphatic carbocycles. The number of carbonyl (C=O) groups excluding carboxylic acids is 1. The molecule has 1 amide bonds. The van der Waals surface area contributed by atoms with Gasteiger partial charge in [-0.2, -0.15) is 0 Å². The lowest BCUT2D eigenvalue weighted by Crippen LogP contribution is -2.41. The highest BCUT2D eigenvalue weighted by Crippen LogP contribution is 2.44. The number of carbonyl (C=O) groups is 1. The number of amides is 1. The predicted molar refractivity (Wildman–Crippen MR) is 92.5 cm³/mol. The summed E-state index contributed by atoms with van der Waals surface area (Å²) >= 11 is 0. The quantitative estimate of drug-likeness (QED) is 0.778. The normalized spacial score (nSPS) is 16.5. The molecule has 0 aromatic heterocycles. The molecular formula is C21H17NO2. The average Bonchev–Trinajstić information content (AvgIpc) is 3.00. The summed E-state index contributed by atoms with van der Waals surface area (Å²) < 4.78 is 0. The van der Waals surface area contributed by atoms with Gasteiger partial charge in [0.05, 0.1) is 6.04 Å². The van der Waals surface area contributed by atoms with E-state index in [9.17, 15) is 9.90 Å². The number of nitrogens with one attached hydrogen (secondary N) is 1. The Bertz CT molecular complexity index is 835. The van der Waals surface area contributed by atoms with Crippen LogP contribution in [0.4, 0.5) is 0 Å². The van der Waals surface area contributed by atoms with E-state index in [2.05, 4.69) is 5.32 Å². The maximum absolute atomic E-state index is 12.4. The van der Waals surface area contributed by atoms with Gasteiger partial charge in [-0.3, -0.25) is 4.79 Å². The van der Waals surface area contributed by atoms with Gasteiger partial charge in [0.1, 0.15) is 5.60 Å². The first kappa shape index (κ1) is 14.7. The van der Waals surface area contributed by atoms with Crippen LogP contribution in [0.15, 0.2) is 84.9 Å². The van der Waals surface area contributed by atoms with Gasteiger partial charge in [0.15, 0.2) is 0 Å². The molecule has 24 heavy (non-hydrogen) atoms. The molecule has 1 aliphatic heterocycles. The maximum Gasteiger partial charge on any atom is 0.252 e. The van der Waals surface area contributed by atoms with Crippen LogP contribution in [0.3, 0.4) is 0 Å². The van der Waals surface area contributed by atoms with Crippen LogP contribution in [0.5, 0.6) is 0 Å². The Hall–Kier alpha value is -2.91. The summed E-state index contributed by atoms with van der Waals surface area (Å²) in [5.74, 6) is -0.152. The van der Waals surface area contributed by atoms with Gasteiger partial charge < -0.3 is 10.4 Å². The van der Waals surface area contributed by atoms with Crippen molar-refractivity contribution < 1.29 is 9.90 Å². The minimum absolute atomic E-state index is 0.152. The van der Waals surface area contributed by atoms with Crippen LogP contribution < -0.4 is 5.32 Å². The highest BCUT2D eigenvalue weighted by Gasteiger charge is 2.46. The van der Waals surface area contributed by atoms with Crippen LogP contribution in [0.2, 0.25) is 0 Å². The second-order valence-corrected chi connectivity index (χ2v) is 5.99. The third-order valence-electron chi connectivity index (χ3n) is 4.64. The first-order valence-corrected chi connectivity index (χ1v) is 7.94. The van der Waals surface area contributed by atoms with Crippen molar-refractivity contribution in [2.24, 2.45) is 0 Å². The van der Waals surface area contributed by atoms with E-state index in [0.29, 0.717) is 5.56 Å². The van der Waals surface area contributed by atoms with Gasteiger partial charge in [-0.1, -0.05) is 78.9 Å². The molecule has 3 nitrogen and oxygen atoms in total. The second kappa shape index (κ2) is 5.62. The summed E-state index contributed by atoms with van der Waals surface area (Å²) in [5.41, 5.74) is 1.59. The molecule has 1 heterocycles. The third-order valence-corrected chi connectivity index (χ3v) is 4.64. The van der Waals surface area contributed by atoms with Crippen LogP contribution in [0, 0.1) is 0 Å². The molecule has 0 spiro atoms. The first-order valence-electron chi connectivity index (χ1n) is 7.94. The van der Waals surface area contributed by atoms with E-state index >= 15 is 0 Å². The van der Waals surface area contributed by atoms with Crippen molar-refractivity contribution in [3.05, 3.63) is 107 Å². The van der Waals surface area contributed by atoms with Gasteiger partial charge in [-0.25, -0.2) is 0 Å². The van der Waals surface area contributed by atoms with Crippen LogP contribution in [0.25, 0.3) is 0 Å². The van der Waals surface area contributed by atoms with Crippen molar-refractivity contribution in [1.29, 1.82) is 0 Å². The molecule has 0 bridgehead atoms. The highest BCUT2D eigenvalue weighted by atomic mass is 16.3. The Morgan fingerprint density at radius 2 is 1.25 bits per heavy atom. The second-order valence-electron chi connectivity index (χ2n) is 5.99. The van der Waals surface area contributed by atoms with Crippen molar-refractivity contribution >= 4 is 5.91 Å². The lowest BCUT2D eigenvalue weighted by atomic mass is 9.78. The molecule has 0 fully saturated rings. The molecule has 1 atom stereocenters. The Labute approximate surface area is 140 Å². The number of fused-ring (bicyclic) bond motifs is 1. The van der Waals surface area contributed by atoms with Crippen LogP contribution >= 0.6 is 0 Å². The van der Waals surface area contributed by atoms with Gasteiger partial charge in [-0.15, -0.1) is 0 Å².